The quantitative estimate of drug-likeness (QED) is 0.371. The molecule has 166 valence electrons. The van der Waals surface area contributed by atoms with E-state index in [0.29, 0.717) is 18.7 Å². The van der Waals surface area contributed by atoms with Crippen molar-refractivity contribution < 1.29 is 19.5 Å². The molecule has 2 aromatic carbocycles. The number of H-pyrrole nitrogens is 1. The molecule has 0 spiro atoms. The van der Waals surface area contributed by atoms with Gasteiger partial charge in [0.2, 0.25) is 0 Å². The molecule has 1 amide bonds. The molecule has 1 saturated heterocycles. The second-order valence-electron chi connectivity index (χ2n) is 7.67. The molecule has 1 aromatic heterocycles. The van der Waals surface area contributed by atoms with Crippen LogP contribution in [0.2, 0.25) is 0 Å². The molecule has 1 atom stereocenters. The van der Waals surface area contributed by atoms with E-state index in [0.717, 1.165) is 47.5 Å². The molecule has 0 saturated carbocycles. The van der Waals surface area contributed by atoms with Gasteiger partial charge in [0.05, 0.1) is 18.0 Å². The summed E-state index contributed by atoms with van der Waals surface area (Å²) in [5.74, 6) is 0.460. The molecule has 1 unspecified atom stereocenters. The average Bonchev–Trinajstić information content (AvgIpc) is 3.26. The molecule has 0 radical (unpaired) electrons. The molecule has 7 heteroatoms. The molecule has 0 aliphatic carbocycles. The lowest BCUT2D eigenvalue weighted by atomic mass is 10.1. The number of nitrogens with zero attached hydrogens (tertiary/aromatic N) is 1. The predicted octanol–water partition coefficient (Wildman–Crippen LogP) is 3.75. The predicted molar refractivity (Wildman–Crippen MR) is 121 cm³/mol. The van der Waals surface area contributed by atoms with Gasteiger partial charge < -0.3 is 14.8 Å². The van der Waals surface area contributed by atoms with Crippen molar-refractivity contribution in [1.82, 2.24) is 15.4 Å². The van der Waals surface area contributed by atoms with Crippen LogP contribution in [-0.4, -0.2) is 33.9 Å². The van der Waals surface area contributed by atoms with Crippen LogP contribution in [0.15, 0.2) is 60.7 Å². The van der Waals surface area contributed by atoms with Crippen molar-refractivity contribution in [3.8, 4) is 11.3 Å². The van der Waals surface area contributed by atoms with E-state index in [-0.39, 0.29) is 18.8 Å². The number of aromatic nitrogens is 2. The van der Waals surface area contributed by atoms with Gasteiger partial charge in [-0.05, 0) is 30.0 Å². The fourth-order valence-corrected chi connectivity index (χ4v) is 3.57. The lowest BCUT2D eigenvalue weighted by molar-refractivity contribution is -0.198. The van der Waals surface area contributed by atoms with Gasteiger partial charge in [0.1, 0.15) is 5.82 Å². The maximum atomic E-state index is 11.9. The maximum Gasteiger partial charge on any atom is 0.267 e. The molecular formula is C25H27N3O4. The zero-order valence-corrected chi connectivity index (χ0v) is 17.8. The number of benzene rings is 2. The summed E-state index contributed by atoms with van der Waals surface area (Å²) in [5, 5.41) is 9.68. The van der Waals surface area contributed by atoms with Gasteiger partial charge >= 0.3 is 0 Å². The van der Waals surface area contributed by atoms with Crippen LogP contribution in [0, 0.1) is 0 Å². The zero-order valence-electron chi connectivity index (χ0n) is 17.8. The van der Waals surface area contributed by atoms with E-state index >= 15 is 0 Å². The Kier molecular flexibility index (Phi) is 7.45. The molecule has 2 heterocycles. The van der Waals surface area contributed by atoms with Crippen LogP contribution in [0.5, 0.6) is 0 Å². The minimum absolute atomic E-state index is 0.0976. The molecule has 3 N–H and O–H groups in total. The number of amides is 1. The highest BCUT2D eigenvalue weighted by Crippen LogP contribution is 2.22. The van der Waals surface area contributed by atoms with Crippen LogP contribution < -0.4 is 5.48 Å². The number of hydrogen-bond acceptors (Lipinski definition) is 5. The van der Waals surface area contributed by atoms with Crippen molar-refractivity contribution in [2.24, 2.45) is 0 Å². The van der Waals surface area contributed by atoms with E-state index in [1.54, 1.807) is 6.08 Å². The molecule has 32 heavy (non-hydrogen) atoms. The van der Waals surface area contributed by atoms with Gasteiger partial charge in [-0.3, -0.25) is 4.79 Å². The zero-order chi connectivity index (χ0) is 22.2. The van der Waals surface area contributed by atoms with Gasteiger partial charge in [-0.1, -0.05) is 54.6 Å². The number of imidazole rings is 1. The van der Waals surface area contributed by atoms with Gasteiger partial charge in [0.25, 0.3) is 5.91 Å². The van der Waals surface area contributed by atoms with E-state index in [1.165, 1.54) is 6.08 Å². The summed E-state index contributed by atoms with van der Waals surface area (Å²) in [6.45, 7) is 0.565. The summed E-state index contributed by atoms with van der Waals surface area (Å²) < 4.78 is 5.41. The van der Waals surface area contributed by atoms with E-state index in [2.05, 4.69) is 15.4 Å². The van der Waals surface area contributed by atoms with E-state index in [1.807, 2.05) is 54.6 Å². The summed E-state index contributed by atoms with van der Waals surface area (Å²) >= 11 is 0. The van der Waals surface area contributed by atoms with E-state index < -0.39 is 0 Å². The molecule has 4 rings (SSSR count). The van der Waals surface area contributed by atoms with Crippen molar-refractivity contribution in [2.75, 3.05) is 6.61 Å². The first-order chi connectivity index (χ1) is 15.7. The summed E-state index contributed by atoms with van der Waals surface area (Å²) in [4.78, 5) is 25.1. The Morgan fingerprint density at radius 2 is 2.00 bits per heavy atom. The molecule has 3 aromatic rings. The number of aliphatic hydroxyl groups excluding tert-OH is 1. The number of nitrogens with one attached hydrogen (secondary N) is 2. The van der Waals surface area contributed by atoms with E-state index in [4.69, 9.17) is 9.57 Å². The lowest BCUT2D eigenvalue weighted by Crippen LogP contribution is -2.32. The standard InChI is InChI=1S/C25H27N3O4/c29-17-21-25(20-6-2-1-3-7-20)27-22(26-21)16-19-11-9-18(10-12-19)13-14-23(30)28-32-24-8-4-5-15-31-24/h1-3,6-7,9-14,24,29H,4-5,8,15-17H2,(H,26,27)(H,28,30)/b14-13+. The van der Waals surface area contributed by atoms with Crippen LogP contribution in [0.25, 0.3) is 17.3 Å². The van der Waals surface area contributed by atoms with Gasteiger partial charge in [0, 0.05) is 31.1 Å². The minimum Gasteiger partial charge on any atom is -0.390 e. The third-order valence-electron chi connectivity index (χ3n) is 5.24. The van der Waals surface area contributed by atoms with Gasteiger partial charge in [0.15, 0.2) is 6.29 Å². The van der Waals surface area contributed by atoms with Crippen LogP contribution in [0.1, 0.15) is 41.9 Å². The van der Waals surface area contributed by atoms with Crippen LogP contribution in [0.4, 0.5) is 0 Å². The third kappa shape index (κ3) is 5.91. The van der Waals surface area contributed by atoms with Crippen molar-refractivity contribution in [3.63, 3.8) is 0 Å². The molecule has 7 nitrogen and oxygen atoms in total. The molecule has 0 bridgehead atoms. The maximum absolute atomic E-state index is 11.9. The highest BCUT2D eigenvalue weighted by Gasteiger charge is 2.15. The SMILES string of the molecule is O=C(/C=C/c1ccc(Cc2nc(-c3ccccc3)c(CO)[nH]2)cc1)NOC1CCCCO1. The van der Waals surface area contributed by atoms with Crippen LogP contribution in [-0.2, 0) is 27.4 Å². The fourth-order valence-electron chi connectivity index (χ4n) is 3.57. The minimum atomic E-state index is -0.365. The number of ether oxygens (including phenoxy) is 1. The Morgan fingerprint density at radius 1 is 1.19 bits per heavy atom. The van der Waals surface area contributed by atoms with Gasteiger partial charge in [-0.15, -0.1) is 0 Å². The molecule has 1 aliphatic heterocycles. The Morgan fingerprint density at radius 3 is 2.72 bits per heavy atom. The largest absolute Gasteiger partial charge is 0.390 e. The Hall–Kier alpha value is -3.26. The Balaban J connectivity index is 1.33. The number of carbonyl (C=O) groups is 1. The number of rotatable bonds is 8. The fraction of sp³-hybridized carbons (Fsp3) is 0.280. The summed E-state index contributed by atoms with van der Waals surface area (Å²) in [7, 11) is 0. The van der Waals surface area contributed by atoms with Crippen molar-refractivity contribution in [1.29, 1.82) is 0 Å². The number of aromatic amines is 1. The number of hydroxylamine groups is 1. The summed E-state index contributed by atoms with van der Waals surface area (Å²) in [6, 6.07) is 17.7. The molecule has 1 fully saturated rings. The number of aliphatic hydroxyl groups is 1. The average molecular weight is 434 g/mol. The first kappa shape index (κ1) is 22.0. The molecule has 1 aliphatic rings. The lowest BCUT2D eigenvalue weighted by Gasteiger charge is -2.21. The second kappa shape index (κ2) is 10.9. The second-order valence-corrected chi connectivity index (χ2v) is 7.67. The van der Waals surface area contributed by atoms with Crippen LogP contribution >= 0.6 is 0 Å². The summed E-state index contributed by atoms with van der Waals surface area (Å²) in [5.41, 5.74) is 6.83. The van der Waals surface area contributed by atoms with Crippen molar-refractivity contribution >= 4 is 12.0 Å². The topological polar surface area (TPSA) is 96.5 Å². The number of carbonyl (C=O) groups excluding carboxylic acids is 1. The summed E-state index contributed by atoms with van der Waals surface area (Å²) in [6.07, 6.45) is 6.26. The highest BCUT2D eigenvalue weighted by molar-refractivity contribution is 5.90. The molecular weight excluding hydrogens is 406 g/mol. The third-order valence-corrected chi connectivity index (χ3v) is 5.24. The smallest absolute Gasteiger partial charge is 0.267 e. The van der Waals surface area contributed by atoms with E-state index in [9.17, 15) is 9.90 Å². The normalized spacial score (nSPS) is 16.3. The first-order valence-corrected chi connectivity index (χ1v) is 10.8. The monoisotopic (exact) mass is 433 g/mol. The van der Waals surface area contributed by atoms with Crippen LogP contribution in [0.3, 0.4) is 0 Å². The van der Waals surface area contributed by atoms with Gasteiger partial charge in [-0.2, -0.15) is 0 Å². The Bertz CT molecular complexity index is 1040. The highest BCUT2D eigenvalue weighted by atomic mass is 16.8. The van der Waals surface area contributed by atoms with Crippen molar-refractivity contribution in [3.05, 3.63) is 83.3 Å². The Labute approximate surface area is 187 Å². The number of hydrogen-bond donors (Lipinski definition) is 3. The van der Waals surface area contributed by atoms with Crippen molar-refractivity contribution in [2.45, 2.75) is 38.6 Å². The van der Waals surface area contributed by atoms with Gasteiger partial charge in [-0.25, -0.2) is 15.3 Å². The first-order valence-electron chi connectivity index (χ1n) is 10.8.